The number of carbonyl (C=O) groups is 1. The van der Waals surface area contributed by atoms with Gasteiger partial charge in [0.15, 0.2) is 0 Å². The lowest BCUT2D eigenvalue weighted by Gasteiger charge is -2.10. The van der Waals surface area contributed by atoms with E-state index in [9.17, 15) is 4.79 Å². The molecule has 0 amide bonds. The SMILES string of the molecule is C=C(C)C(=O)OCCNCCN(C)C. The van der Waals surface area contributed by atoms with Crippen LogP contribution in [0, 0.1) is 0 Å². The molecule has 0 aromatic heterocycles. The average molecular weight is 200 g/mol. The molecule has 0 aliphatic rings. The number of nitrogens with zero attached hydrogens (tertiary/aromatic N) is 1. The number of ether oxygens (including phenoxy) is 1. The van der Waals surface area contributed by atoms with Gasteiger partial charge in [-0.05, 0) is 21.0 Å². The van der Waals surface area contributed by atoms with Crippen LogP contribution >= 0.6 is 0 Å². The molecule has 0 heterocycles. The Morgan fingerprint density at radius 3 is 2.57 bits per heavy atom. The van der Waals surface area contributed by atoms with Crippen molar-refractivity contribution < 1.29 is 9.53 Å². The predicted octanol–water partition coefficient (Wildman–Crippen LogP) is 0.257. The van der Waals surface area contributed by atoms with Crippen LogP contribution in [0.25, 0.3) is 0 Å². The van der Waals surface area contributed by atoms with Crippen LogP contribution in [-0.2, 0) is 9.53 Å². The molecule has 14 heavy (non-hydrogen) atoms. The molecule has 0 aliphatic carbocycles. The van der Waals surface area contributed by atoms with Crippen LogP contribution in [0.3, 0.4) is 0 Å². The summed E-state index contributed by atoms with van der Waals surface area (Å²) in [4.78, 5) is 13.0. The van der Waals surface area contributed by atoms with E-state index in [0.717, 1.165) is 13.1 Å². The minimum absolute atomic E-state index is 0.320. The number of rotatable bonds is 7. The second-order valence-corrected chi connectivity index (χ2v) is 3.47. The average Bonchev–Trinajstić information content (AvgIpc) is 2.09. The normalized spacial score (nSPS) is 10.3. The van der Waals surface area contributed by atoms with Crippen molar-refractivity contribution in [2.45, 2.75) is 6.92 Å². The first-order chi connectivity index (χ1) is 6.54. The minimum atomic E-state index is -0.320. The van der Waals surface area contributed by atoms with Crippen molar-refractivity contribution in [1.82, 2.24) is 10.2 Å². The zero-order valence-electron chi connectivity index (χ0n) is 9.30. The van der Waals surface area contributed by atoms with Gasteiger partial charge in [0.05, 0.1) is 0 Å². The monoisotopic (exact) mass is 200 g/mol. The van der Waals surface area contributed by atoms with Crippen molar-refractivity contribution >= 4 is 5.97 Å². The first kappa shape index (κ1) is 13.1. The molecule has 0 atom stereocenters. The Morgan fingerprint density at radius 2 is 2.07 bits per heavy atom. The lowest BCUT2D eigenvalue weighted by molar-refractivity contribution is -0.138. The van der Waals surface area contributed by atoms with Gasteiger partial charge in [-0.1, -0.05) is 6.58 Å². The Bertz CT molecular complexity index is 191. The molecule has 0 saturated heterocycles. The second kappa shape index (κ2) is 7.53. The van der Waals surface area contributed by atoms with Crippen molar-refractivity contribution in [2.75, 3.05) is 40.3 Å². The van der Waals surface area contributed by atoms with Crippen molar-refractivity contribution in [3.63, 3.8) is 0 Å². The van der Waals surface area contributed by atoms with Gasteiger partial charge in [-0.3, -0.25) is 0 Å². The van der Waals surface area contributed by atoms with Crippen LogP contribution in [0.5, 0.6) is 0 Å². The van der Waals surface area contributed by atoms with Gasteiger partial charge in [0.25, 0.3) is 0 Å². The molecule has 0 fully saturated rings. The summed E-state index contributed by atoms with van der Waals surface area (Å²) in [5.74, 6) is -0.320. The quantitative estimate of drug-likeness (QED) is 0.363. The number of carbonyl (C=O) groups excluding carboxylic acids is 1. The molecule has 4 nitrogen and oxygen atoms in total. The summed E-state index contributed by atoms with van der Waals surface area (Å²) in [7, 11) is 4.03. The molecule has 0 saturated carbocycles. The van der Waals surface area contributed by atoms with E-state index in [2.05, 4.69) is 16.8 Å². The van der Waals surface area contributed by atoms with Crippen LogP contribution in [0.15, 0.2) is 12.2 Å². The van der Waals surface area contributed by atoms with Crippen LogP contribution in [0.4, 0.5) is 0 Å². The first-order valence-electron chi connectivity index (χ1n) is 4.72. The zero-order chi connectivity index (χ0) is 11.0. The Kier molecular flexibility index (Phi) is 7.06. The summed E-state index contributed by atoms with van der Waals surface area (Å²) in [5.41, 5.74) is 0.443. The van der Waals surface area contributed by atoms with Gasteiger partial charge in [0.1, 0.15) is 6.61 Å². The summed E-state index contributed by atoms with van der Waals surface area (Å²) in [6.07, 6.45) is 0. The van der Waals surface area contributed by atoms with Crippen molar-refractivity contribution in [3.8, 4) is 0 Å². The van der Waals surface area contributed by atoms with E-state index < -0.39 is 0 Å². The largest absolute Gasteiger partial charge is 0.461 e. The van der Waals surface area contributed by atoms with Crippen molar-refractivity contribution in [2.24, 2.45) is 0 Å². The van der Waals surface area contributed by atoms with E-state index in [1.807, 2.05) is 14.1 Å². The fraction of sp³-hybridized carbons (Fsp3) is 0.700. The molecular weight excluding hydrogens is 180 g/mol. The van der Waals surface area contributed by atoms with Gasteiger partial charge < -0.3 is 15.0 Å². The van der Waals surface area contributed by atoms with E-state index in [4.69, 9.17) is 4.74 Å². The number of hydrogen-bond donors (Lipinski definition) is 1. The summed E-state index contributed by atoms with van der Waals surface area (Å²) in [6, 6.07) is 0. The number of likely N-dealkylation sites (N-methyl/N-ethyl adjacent to an activating group) is 1. The highest BCUT2D eigenvalue weighted by molar-refractivity contribution is 5.86. The van der Waals surface area contributed by atoms with E-state index in [1.54, 1.807) is 6.92 Å². The Labute approximate surface area is 85.9 Å². The predicted molar refractivity (Wildman–Crippen MR) is 57.2 cm³/mol. The molecule has 0 radical (unpaired) electrons. The van der Waals surface area contributed by atoms with Gasteiger partial charge in [-0.25, -0.2) is 4.79 Å². The van der Waals surface area contributed by atoms with Crippen LogP contribution in [0.2, 0.25) is 0 Å². The second-order valence-electron chi connectivity index (χ2n) is 3.47. The fourth-order valence-corrected chi connectivity index (χ4v) is 0.767. The van der Waals surface area contributed by atoms with E-state index >= 15 is 0 Å². The van der Waals surface area contributed by atoms with Crippen molar-refractivity contribution in [1.29, 1.82) is 0 Å². The summed E-state index contributed by atoms with van der Waals surface area (Å²) in [6.45, 7) is 8.10. The third-order valence-corrected chi connectivity index (χ3v) is 1.60. The molecule has 4 heteroatoms. The van der Waals surface area contributed by atoms with E-state index in [0.29, 0.717) is 18.7 Å². The molecule has 0 aromatic rings. The molecule has 1 N–H and O–H groups in total. The van der Waals surface area contributed by atoms with Gasteiger partial charge in [0, 0.05) is 25.2 Å². The van der Waals surface area contributed by atoms with Crippen LogP contribution < -0.4 is 5.32 Å². The summed E-state index contributed by atoms with van der Waals surface area (Å²) in [5, 5.41) is 3.16. The highest BCUT2D eigenvalue weighted by Gasteiger charge is 2.01. The molecule has 0 aliphatic heterocycles. The highest BCUT2D eigenvalue weighted by Crippen LogP contribution is 1.90. The third kappa shape index (κ3) is 7.76. The molecule has 0 aromatic carbocycles. The van der Waals surface area contributed by atoms with Crippen LogP contribution in [0.1, 0.15) is 6.92 Å². The van der Waals surface area contributed by atoms with E-state index in [1.165, 1.54) is 0 Å². The minimum Gasteiger partial charge on any atom is -0.461 e. The Morgan fingerprint density at radius 1 is 1.43 bits per heavy atom. The topological polar surface area (TPSA) is 41.6 Å². The number of esters is 1. The maximum Gasteiger partial charge on any atom is 0.333 e. The summed E-state index contributed by atoms with van der Waals surface area (Å²) >= 11 is 0. The van der Waals surface area contributed by atoms with Gasteiger partial charge in [-0.2, -0.15) is 0 Å². The maximum atomic E-state index is 10.9. The van der Waals surface area contributed by atoms with Gasteiger partial charge in [0.2, 0.25) is 0 Å². The zero-order valence-corrected chi connectivity index (χ0v) is 9.30. The molecule has 0 rings (SSSR count). The molecule has 0 bridgehead atoms. The maximum absolute atomic E-state index is 10.9. The Hall–Kier alpha value is -0.870. The standard InChI is InChI=1S/C10H20N2O2/c1-9(2)10(13)14-8-6-11-5-7-12(3)4/h11H,1,5-8H2,2-4H3. The molecular formula is C10H20N2O2. The Balaban J connectivity index is 3.22. The lowest BCUT2D eigenvalue weighted by Crippen LogP contribution is -2.29. The molecule has 0 unspecified atom stereocenters. The van der Waals surface area contributed by atoms with Gasteiger partial charge >= 0.3 is 5.97 Å². The molecule has 0 spiro atoms. The number of nitrogens with one attached hydrogen (secondary N) is 1. The number of hydrogen-bond acceptors (Lipinski definition) is 4. The molecule has 82 valence electrons. The first-order valence-corrected chi connectivity index (χ1v) is 4.72. The van der Waals surface area contributed by atoms with Gasteiger partial charge in [-0.15, -0.1) is 0 Å². The smallest absolute Gasteiger partial charge is 0.333 e. The van der Waals surface area contributed by atoms with Crippen molar-refractivity contribution in [3.05, 3.63) is 12.2 Å². The third-order valence-electron chi connectivity index (χ3n) is 1.60. The summed E-state index contributed by atoms with van der Waals surface area (Å²) < 4.78 is 4.90. The fourth-order valence-electron chi connectivity index (χ4n) is 0.767. The van der Waals surface area contributed by atoms with Crippen LogP contribution in [-0.4, -0.2) is 51.2 Å². The highest BCUT2D eigenvalue weighted by atomic mass is 16.5. The lowest BCUT2D eigenvalue weighted by atomic mass is 10.4. The van der Waals surface area contributed by atoms with E-state index in [-0.39, 0.29) is 5.97 Å².